The van der Waals surface area contributed by atoms with Crippen LogP contribution in [-0.2, 0) is 11.8 Å². The van der Waals surface area contributed by atoms with Gasteiger partial charge in [-0.15, -0.1) is 0 Å². The van der Waals surface area contributed by atoms with Crippen molar-refractivity contribution in [3.8, 4) is 0 Å². The third-order valence-corrected chi connectivity index (χ3v) is 11.4. The minimum absolute atomic E-state index is 0.242. The van der Waals surface area contributed by atoms with Crippen molar-refractivity contribution in [1.82, 2.24) is 0 Å². The summed E-state index contributed by atoms with van der Waals surface area (Å²) in [5.74, 6) is -0.242. The average Bonchev–Trinajstić information content (AvgIpc) is 2.68. The van der Waals surface area contributed by atoms with Crippen LogP contribution in [0.4, 0.5) is 0 Å². The van der Waals surface area contributed by atoms with E-state index in [0.29, 0.717) is 12.3 Å². The van der Waals surface area contributed by atoms with E-state index in [9.17, 15) is 4.79 Å². The third-order valence-electron chi connectivity index (χ3n) is 6.47. The molecule has 4 nitrogen and oxygen atoms in total. The fraction of sp³-hybridized carbons (Fsp3) is 0.600. The molecule has 30 heavy (non-hydrogen) atoms. The summed E-state index contributed by atoms with van der Waals surface area (Å²) in [4.78, 5) is 12.6. The van der Waals surface area contributed by atoms with Crippen molar-refractivity contribution in [3.63, 3.8) is 0 Å². The monoisotopic (exact) mass is 430 g/mol. The van der Waals surface area contributed by atoms with Crippen molar-refractivity contribution in [3.05, 3.63) is 42.1 Å². The SMILES string of the molecule is CCC[Si](C)(CCC)CCC[N+](C)(C)CCOC(=O)c1ccc2ccccc2[n+]1C. The van der Waals surface area contributed by atoms with Crippen LogP contribution in [0.2, 0.25) is 24.7 Å². The van der Waals surface area contributed by atoms with Crippen molar-refractivity contribution in [2.45, 2.75) is 57.8 Å². The van der Waals surface area contributed by atoms with Gasteiger partial charge in [0.25, 0.3) is 5.69 Å². The smallest absolute Gasteiger partial charge is 0.403 e. The van der Waals surface area contributed by atoms with Crippen molar-refractivity contribution in [2.75, 3.05) is 33.8 Å². The van der Waals surface area contributed by atoms with Gasteiger partial charge in [-0.05, 0) is 18.6 Å². The van der Waals surface area contributed by atoms with E-state index in [2.05, 4.69) is 40.6 Å². The molecule has 0 saturated carbocycles. The van der Waals surface area contributed by atoms with Gasteiger partial charge in [0, 0.05) is 17.5 Å². The zero-order chi connectivity index (χ0) is 22.2. The van der Waals surface area contributed by atoms with Gasteiger partial charge >= 0.3 is 5.97 Å². The molecule has 0 spiro atoms. The second-order valence-electron chi connectivity index (χ2n) is 9.77. The van der Waals surface area contributed by atoms with Gasteiger partial charge in [0.2, 0.25) is 5.52 Å². The number of nitrogens with zero attached hydrogens (tertiary/aromatic N) is 2. The van der Waals surface area contributed by atoms with Crippen molar-refractivity contribution >= 4 is 24.9 Å². The Hall–Kier alpha value is -1.72. The second kappa shape index (κ2) is 11.1. The molecule has 0 N–H and O–H groups in total. The van der Waals surface area contributed by atoms with Crippen LogP contribution in [0.15, 0.2) is 36.4 Å². The van der Waals surface area contributed by atoms with E-state index in [0.717, 1.165) is 28.5 Å². The first-order valence-corrected chi connectivity index (χ1v) is 14.7. The molecule has 0 aliphatic carbocycles. The average molecular weight is 431 g/mol. The molecule has 0 bridgehead atoms. The number of carbonyl (C=O) groups excluding carboxylic acids is 1. The molecule has 2 aromatic rings. The van der Waals surface area contributed by atoms with Crippen molar-refractivity contribution in [2.24, 2.45) is 7.05 Å². The molecule has 1 aromatic heterocycles. The first-order valence-electron chi connectivity index (χ1n) is 11.6. The Balaban J connectivity index is 1.85. The van der Waals surface area contributed by atoms with Crippen LogP contribution in [0.1, 0.15) is 43.6 Å². The lowest BCUT2D eigenvalue weighted by Gasteiger charge is -2.32. The second-order valence-corrected chi connectivity index (χ2v) is 14.9. The molecule has 0 radical (unpaired) electrons. The maximum atomic E-state index is 12.6. The number of rotatable bonds is 12. The largest absolute Gasteiger partial charge is 0.452 e. The number of aryl methyl sites for hydroxylation is 1. The number of carbonyl (C=O) groups is 1. The Morgan fingerprint density at radius 2 is 1.67 bits per heavy atom. The van der Waals surface area contributed by atoms with Gasteiger partial charge in [0.1, 0.15) is 20.2 Å². The molecular weight excluding hydrogens is 388 g/mol. The molecule has 0 atom stereocenters. The molecule has 2 rings (SSSR count). The fourth-order valence-electron chi connectivity index (χ4n) is 4.64. The molecule has 166 valence electrons. The Morgan fingerprint density at radius 3 is 2.33 bits per heavy atom. The normalized spacial score (nSPS) is 12.3. The fourth-order valence-corrected chi connectivity index (χ4v) is 8.81. The van der Waals surface area contributed by atoms with Crippen LogP contribution in [0.3, 0.4) is 0 Å². The summed E-state index contributed by atoms with van der Waals surface area (Å²) in [5.41, 5.74) is 1.63. The lowest BCUT2D eigenvalue weighted by atomic mass is 10.2. The maximum absolute atomic E-state index is 12.6. The summed E-state index contributed by atoms with van der Waals surface area (Å²) in [5, 5.41) is 1.12. The highest BCUT2D eigenvalue weighted by atomic mass is 28.3. The lowest BCUT2D eigenvalue weighted by molar-refractivity contribution is -0.890. The number of para-hydroxylation sites is 1. The summed E-state index contributed by atoms with van der Waals surface area (Å²) in [6.07, 6.45) is 3.93. The zero-order valence-corrected chi connectivity index (χ0v) is 21.0. The van der Waals surface area contributed by atoms with Crippen LogP contribution >= 0.6 is 0 Å². The first-order chi connectivity index (χ1) is 14.2. The van der Waals surface area contributed by atoms with Gasteiger partial charge in [-0.25, -0.2) is 4.79 Å². The molecule has 0 fully saturated rings. The Morgan fingerprint density at radius 1 is 1.00 bits per heavy atom. The highest BCUT2D eigenvalue weighted by Gasteiger charge is 2.27. The molecule has 1 aromatic carbocycles. The maximum Gasteiger partial charge on any atom is 0.403 e. The van der Waals surface area contributed by atoms with Gasteiger partial charge in [-0.2, -0.15) is 4.57 Å². The molecule has 1 heterocycles. The van der Waals surface area contributed by atoms with Crippen LogP contribution in [0.5, 0.6) is 0 Å². The van der Waals surface area contributed by atoms with Crippen LogP contribution in [0.25, 0.3) is 10.9 Å². The Labute approximate surface area is 184 Å². The number of aromatic nitrogens is 1. The number of pyridine rings is 1. The predicted molar refractivity (Wildman–Crippen MR) is 128 cm³/mol. The number of hydrogen-bond acceptors (Lipinski definition) is 2. The molecule has 0 aliphatic rings. The highest BCUT2D eigenvalue weighted by molar-refractivity contribution is 6.78. The number of ether oxygens (including phenoxy) is 1. The van der Waals surface area contributed by atoms with Crippen molar-refractivity contribution < 1.29 is 18.6 Å². The predicted octanol–water partition coefficient (Wildman–Crippen LogP) is 5.19. The lowest BCUT2D eigenvalue weighted by Crippen LogP contribution is -2.44. The topological polar surface area (TPSA) is 30.2 Å². The number of likely N-dealkylation sites (N-methyl/N-ethyl adjacent to an activating group) is 1. The van der Waals surface area contributed by atoms with Crippen LogP contribution in [0, 0.1) is 0 Å². The summed E-state index contributed by atoms with van der Waals surface area (Å²) < 4.78 is 8.48. The molecule has 0 unspecified atom stereocenters. The number of quaternary nitrogens is 1. The molecule has 0 amide bonds. The third kappa shape index (κ3) is 6.91. The van der Waals surface area contributed by atoms with E-state index in [1.54, 1.807) is 0 Å². The molecule has 0 aliphatic heterocycles. The Bertz CT molecular complexity index is 829. The van der Waals surface area contributed by atoms with E-state index in [4.69, 9.17) is 4.74 Å². The van der Waals surface area contributed by atoms with Crippen molar-refractivity contribution in [1.29, 1.82) is 0 Å². The van der Waals surface area contributed by atoms with E-state index in [1.807, 2.05) is 41.9 Å². The zero-order valence-electron chi connectivity index (χ0n) is 20.0. The number of benzene rings is 1. The molecule has 5 heteroatoms. The summed E-state index contributed by atoms with van der Waals surface area (Å²) in [7, 11) is 5.36. The van der Waals surface area contributed by atoms with E-state index < -0.39 is 8.07 Å². The van der Waals surface area contributed by atoms with Gasteiger partial charge in [-0.1, -0.05) is 63.5 Å². The number of fused-ring (bicyclic) bond motifs is 1. The molecule has 0 saturated heterocycles. The standard InChI is InChI=1S/C25H42N2O2Si/c1-7-19-30(6,20-8-2)21-11-16-27(4,5)17-18-29-25(28)24-15-14-22-12-9-10-13-23(22)26(24)3/h9-10,12-15H,7-8,11,16-21H2,1-6H3/q+2. The van der Waals surface area contributed by atoms with Gasteiger partial charge < -0.3 is 9.22 Å². The van der Waals surface area contributed by atoms with E-state index in [1.165, 1.54) is 37.4 Å². The molecular formula is C25H42N2O2Si+2. The van der Waals surface area contributed by atoms with Crippen LogP contribution in [-0.4, -0.2) is 52.3 Å². The summed E-state index contributed by atoms with van der Waals surface area (Å²) in [6.45, 7) is 9.69. The van der Waals surface area contributed by atoms with E-state index >= 15 is 0 Å². The summed E-state index contributed by atoms with van der Waals surface area (Å²) in [6, 6.07) is 16.3. The van der Waals surface area contributed by atoms with E-state index in [-0.39, 0.29) is 5.97 Å². The van der Waals surface area contributed by atoms with Gasteiger partial charge in [0.05, 0.1) is 28.7 Å². The van der Waals surface area contributed by atoms with Crippen LogP contribution < -0.4 is 4.57 Å². The minimum atomic E-state index is -1.07. The quantitative estimate of drug-likeness (QED) is 0.201. The first kappa shape index (κ1) is 24.5. The number of hydrogen-bond donors (Lipinski definition) is 0. The minimum Gasteiger partial charge on any atom is -0.452 e. The number of esters is 1. The summed E-state index contributed by atoms with van der Waals surface area (Å²) >= 11 is 0. The van der Waals surface area contributed by atoms with Gasteiger partial charge in [-0.3, -0.25) is 0 Å². The Kier molecular flexibility index (Phi) is 9.04. The van der Waals surface area contributed by atoms with Gasteiger partial charge in [0.15, 0.2) is 0 Å². The highest BCUT2D eigenvalue weighted by Crippen LogP contribution is 2.26.